The van der Waals surface area contributed by atoms with Gasteiger partial charge < -0.3 is 14.8 Å². The van der Waals surface area contributed by atoms with Gasteiger partial charge in [0.2, 0.25) is 5.91 Å². The molecule has 0 saturated carbocycles. The van der Waals surface area contributed by atoms with Gasteiger partial charge in [0, 0.05) is 11.1 Å². The van der Waals surface area contributed by atoms with E-state index in [0.717, 1.165) is 23.0 Å². The SMILES string of the molecule is COc1ccc(-n2cnc(-c3ccc(NC(=O)N=C4SCC(=O)N4c4cc(C)ccc4COCC(F)F)c(F)c3)n2)cc1. The first kappa shape index (κ1) is 29.8. The Labute approximate surface area is 248 Å². The van der Waals surface area contributed by atoms with E-state index in [1.165, 1.54) is 28.0 Å². The molecule has 3 amide bonds. The zero-order chi connectivity index (χ0) is 30.5. The van der Waals surface area contributed by atoms with Crippen molar-refractivity contribution in [3.8, 4) is 22.8 Å². The summed E-state index contributed by atoms with van der Waals surface area (Å²) in [6.45, 7) is 0.874. The smallest absolute Gasteiger partial charge is 0.347 e. The van der Waals surface area contributed by atoms with Crippen molar-refractivity contribution in [2.24, 2.45) is 4.99 Å². The van der Waals surface area contributed by atoms with Crippen molar-refractivity contribution in [2.45, 2.75) is 20.0 Å². The second-order valence-electron chi connectivity index (χ2n) is 9.29. The van der Waals surface area contributed by atoms with Crippen LogP contribution in [0, 0.1) is 12.7 Å². The van der Waals surface area contributed by atoms with E-state index in [4.69, 9.17) is 9.47 Å². The number of alkyl halides is 2. The molecule has 1 fully saturated rings. The summed E-state index contributed by atoms with van der Waals surface area (Å²) >= 11 is 1.03. The van der Waals surface area contributed by atoms with Crippen LogP contribution in [0.4, 0.5) is 29.3 Å². The fourth-order valence-electron chi connectivity index (χ4n) is 4.18. The number of nitrogens with one attached hydrogen (secondary N) is 1. The predicted molar refractivity (Wildman–Crippen MR) is 157 cm³/mol. The highest BCUT2D eigenvalue weighted by molar-refractivity contribution is 8.15. The summed E-state index contributed by atoms with van der Waals surface area (Å²) in [5.41, 5.74) is 2.63. The van der Waals surface area contributed by atoms with Gasteiger partial charge in [-0.1, -0.05) is 23.9 Å². The maximum Gasteiger partial charge on any atom is 0.347 e. The molecule has 4 aromatic rings. The molecule has 0 aliphatic carbocycles. The van der Waals surface area contributed by atoms with Crippen LogP contribution in [0.15, 0.2) is 72.0 Å². The second-order valence-corrected chi connectivity index (χ2v) is 10.2. The average Bonchev–Trinajstić information content (AvgIpc) is 3.62. The van der Waals surface area contributed by atoms with E-state index in [-0.39, 0.29) is 34.9 Å². The summed E-state index contributed by atoms with van der Waals surface area (Å²) in [7, 11) is 1.57. The van der Waals surface area contributed by atoms with E-state index in [2.05, 4.69) is 20.4 Å². The van der Waals surface area contributed by atoms with E-state index >= 15 is 4.39 Å². The Bertz CT molecular complexity index is 1680. The molecule has 1 saturated heterocycles. The number of carbonyl (C=O) groups excluding carboxylic acids is 2. The Kier molecular flexibility index (Phi) is 9.07. The quantitative estimate of drug-likeness (QED) is 0.254. The molecular formula is C29H25F3N6O4S. The van der Waals surface area contributed by atoms with Crippen LogP contribution in [0.3, 0.4) is 0 Å². The fraction of sp³-hybridized carbons (Fsp3) is 0.207. The van der Waals surface area contributed by atoms with Gasteiger partial charge >= 0.3 is 6.03 Å². The Hall–Kier alpha value is -4.69. The van der Waals surface area contributed by atoms with Crippen molar-refractivity contribution in [3.63, 3.8) is 0 Å². The van der Waals surface area contributed by atoms with Crippen molar-refractivity contribution in [3.05, 3.63) is 83.9 Å². The van der Waals surface area contributed by atoms with Crippen LogP contribution < -0.4 is 15.0 Å². The summed E-state index contributed by atoms with van der Waals surface area (Å²) < 4.78 is 51.9. The fourth-order valence-corrected chi connectivity index (χ4v) is 5.04. The summed E-state index contributed by atoms with van der Waals surface area (Å²) in [6, 6.07) is 15.5. The molecule has 0 spiro atoms. The topological polar surface area (TPSA) is 111 Å². The van der Waals surface area contributed by atoms with Gasteiger partial charge in [0.15, 0.2) is 11.0 Å². The molecule has 0 radical (unpaired) electrons. The van der Waals surface area contributed by atoms with Crippen molar-refractivity contribution < 1.29 is 32.2 Å². The Morgan fingerprint density at radius 1 is 1.14 bits per heavy atom. The van der Waals surface area contributed by atoms with E-state index in [9.17, 15) is 18.4 Å². The zero-order valence-electron chi connectivity index (χ0n) is 23.0. The van der Waals surface area contributed by atoms with Gasteiger partial charge in [-0.3, -0.25) is 9.69 Å². The number of aromatic nitrogens is 3. The Morgan fingerprint density at radius 3 is 2.65 bits per heavy atom. The molecule has 43 heavy (non-hydrogen) atoms. The minimum Gasteiger partial charge on any atom is -0.497 e. The number of amidine groups is 1. The van der Waals surface area contributed by atoms with Gasteiger partial charge in [0.25, 0.3) is 6.43 Å². The molecule has 1 N–H and O–H groups in total. The molecule has 0 bridgehead atoms. The van der Waals surface area contributed by atoms with Crippen molar-refractivity contribution in [2.75, 3.05) is 29.7 Å². The van der Waals surface area contributed by atoms with Crippen molar-refractivity contribution in [1.82, 2.24) is 14.8 Å². The number of hydrogen-bond acceptors (Lipinski definition) is 7. The van der Waals surface area contributed by atoms with Gasteiger partial charge in [-0.2, -0.15) is 4.99 Å². The number of methoxy groups -OCH3 is 1. The maximum absolute atomic E-state index is 15.0. The van der Waals surface area contributed by atoms with Gasteiger partial charge in [-0.25, -0.2) is 27.6 Å². The van der Waals surface area contributed by atoms with Crippen LogP contribution in [0.5, 0.6) is 5.75 Å². The van der Waals surface area contributed by atoms with Gasteiger partial charge in [-0.15, -0.1) is 5.10 Å². The molecule has 1 aromatic heterocycles. The van der Waals surface area contributed by atoms with Crippen LogP contribution in [-0.2, 0) is 16.1 Å². The predicted octanol–water partition coefficient (Wildman–Crippen LogP) is 5.84. The summed E-state index contributed by atoms with van der Waals surface area (Å²) in [5.74, 6) is -0.116. The standard InChI is InChI=1S/C29H25F3N6O4S/c1-17-3-4-19(13-42-14-25(31)32)24(11-17)38-26(39)15-43-29(38)35-28(40)34-23-10-5-18(12-22(23)30)27-33-16-37(36-27)20-6-8-21(41-2)9-7-20/h3-12,16,25H,13-15H2,1-2H3,(H,34,40). The number of urea groups is 1. The number of carbonyl (C=O) groups is 2. The molecule has 5 rings (SSSR count). The van der Waals surface area contributed by atoms with E-state index in [1.54, 1.807) is 62.6 Å². The molecule has 10 nitrogen and oxygen atoms in total. The third-order valence-corrected chi connectivity index (χ3v) is 7.17. The van der Waals surface area contributed by atoms with Crippen LogP contribution in [0.1, 0.15) is 11.1 Å². The van der Waals surface area contributed by atoms with Gasteiger partial charge in [0.1, 0.15) is 24.5 Å². The van der Waals surface area contributed by atoms with Gasteiger partial charge in [0.05, 0.1) is 36.5 Å². The number of aryl methyl sites for hydroxylation is 1. The number of ether oxygens (including phenoxy) is 2. The summed E-state index contributed by atoms with van der Waals surface area (Å²) in [5, 5.41) is 6.86. The Morgan fingerprint density at radius 2 is 1.93 bits per heavy atom. The lowest BCUT2D eigenvalue weighted by atomic mass is 10.1. The first-order valence-corrected chi connectivity index (χ1v) is 13.9. The Balaban J connectivity index is 1.31. The zero-order valence-corrected chi connectivity index (χ0v) is 23.8. The largest absolute Gasteiger partial charge is 0.497 e. The number of hydrogen-bond donors (Lipinski definition) is 1. The normalized spacial score (nSPS) is 14.1. The molecule has 0 atom stereocenters. The lowest BCUT2D eigenvalue weighted by molar-refractivity contribution is -0.115. The van der Waals surface area contributed by atoms with Crippen LogP contribution >= 0.6 is 11.8 Å². The maximum atomic E-state index is 15.0. The minimum absolute atomic E-state index is 0.0105. The first-order valence-electron chi connectivity index (χ1n) is 12.9. The molecule has 222 valence electrons. The lowest BCUT2D eigenvalue weighted by Gasteiger charge is -2.20. The average molecular weight is 611 g/mol. The molecule has 3 aromatic carbocycles. The summed E-state index contributed by atoms with van der Waals surface area (Å²) in [6.07, 6.45) is -1.14. The third kappa shape index (κ3) is 7.04. The van der Waals surface area contributed by atoms with Crippen molar-refractivity contribution >= 4 is 40.2 Å². The van der Waals surface area contributed by atoms with E-state index < -0.39 is 24.9 Å². The van der Waals surface area contributed by atoms with E-state index in [1.807, 2.05) is 0 Å². The monoisotopic (exact) mass is 610 g/mol. The summed E-state index contributed by atoms with van der Waals surface area (Å²) in [4.78, 5) is 35.1. The number of nitrogens with zero attached hydrogens (tertiary/aromatic N) is 5. The molecule has 1 aliphatic rings. The van der Waals surface area contributed by atoms with Crippen LogP contribution in [0.2, 0.25) is 0 Å². The van der Waals surface area contributed by atoms with Gasteiger partial charge in [-0.05, 0) is 61.0 Å². The lowest BCUT2D eigenvalue weighted by Crippen LogP contribution is -2.31. The number of rotatable bonds is 9. The highest BCUT2D eigenvalue weighted by atomic mass is 32.2. The molecule has 14 heteroatoms. The first-order chi connectivity index (χ1) is 20.7. The molecule has 2 heterocycles. The number of benzene rings is 3. The highest BCUT2D eigenvalue weighted by Crippen LogP contribution is 2.31. The van der Waals surface area contributed by atoms with Crippen molar-refractivity contribution in [1.29, 1.82) is 0 Å². The molecular weight excluding hydrogens is 585 g/mol. The second kappa shape index (κ2) is 13.1. The number of amides is 3. The number of halogens is 3. The highest BCUT2D eigenvalue weighted by Gasteiger charge is 2.32. The van der Waals surface area contributed by atoms with Crippen LogP contribution in [-0.4, -0.2) is 57.8 Å². The number of anilines is 2. The minimum atomic E-state index is -2.64. The molecule has 0 unspecified atom stereocenters. The third-order valence-electron chi connectivity index (χ3n) is 6.24. The van der Waals surface area contributed by atoms with Crippen LogP contribution in [0.25, 0.3) is 17.1 Å². The van der Waals surface area contributed by atoms with E-state index in [0.29, 0.717) is 22.6 Å². The number of thioether (sulfide) groups is 1. The number of aliphatic imine (C=N–C) groups is 1. The molecule has 1 aliphatic heterocycles.